The minimum absolute atomic E-state index is 0.707. The summed E-state index contributed by atoms with van der Waals surface area (Å²) in [5, 5.41) is 1.17. The predicted molar refractivity (Wildman–Crippen MR) is 73.0 cm³/mol. The van der Waals surface area contributed by atoms with E-state index in [1.165, 1.54) is 13.0 Å². The summed E-state index contributed by atoms with van der Waals surface area (Å²) in [7, 11) is 0. The molecule has 2 rings (SSSR count). The van der Waals surface area contributed by atoms with Crippen LogP contribution in [0.3, 0.4) is 0 Å². The first-order valence-electron chi connectivity index (χ1n) is 4.26. The highest BCUT2D eigenvalue weighted by atomic mass is 127. The van der Waals surface area contributed by atoms with Crippen molar-refractivity contribution in [1.82, 2.24) is 0 Å². The molecule has 0 N–H and O–H groups in total. The molecule has 0 aliphatic carbocycles. The SMILES string of the molecule is CCOc1c(I)sc2ccc(S)cc12. The molecule has 0 bridgehead atoms. The zero-order valence-electron chi connectivity index (χ0n) is 7.58. The number of hydrogen-bond donors (Lipinski definition) is 1. The number of benzene rings is 1. The van der Waals surface area contributed by atoms with Crippen molar-refractivity contribution >= 4 is 56.6 Å². The lowest BCUT2D eigenvalue weighted by molar-refractivity contribution is 0.343. The van der Waals surface area contributed by atoms with Gasteiger partial charge in [-0.2, -0.15) is 0 Å². The Bertz CT molecular complexity index is 464. The number of ether oxygens (including phenoxy) is 1. The topological polar surface area (TPSA) is 9.23 Å². The van der Waals surface area contributed by atoms with Crippen molar-refractivity contribution < 1.29 is 4.74 Å². The van der Waals surface area contributed by atoms with Gasteiger partial charge in [0, 0.05) is 15.0 Å². The second-order valence-corrected chi connectivity index (χ2v) is 6.20. The van der Waals surface area contributed by atoms with Gasteiger partial charge >= 0.3 is 0 Å². The molecule has 0 amide bonds. The van der Waals surface area contributed by atoms with Gasteiger partial charge in [0.2, 0.25) is 0 Å². The molecule has 14 heavy (non-hydrogen) atoms. The Morgan fingerprint density at radius 2 is 2.29 bits per heavy atom. The third-order valence-electron chi connectivity index (χ3n) is 1.87. The number of halogens is 1. The van der Waals surface area contributed by atoms with Crippen LogP contribution in [0.1, 0.15) is 6.92 Å². The average Bonchev–Trinajstić information content (AvgIpc) is 2.45. The smallest absolute Gasteiger partial charge is 0.151 e. The first-order valence-corrected chi connectivity index (χ1v) is 6.60. The number of fused-ring (bicyclic) bond motifs is 1. The van der Waals surface area contributed by atoms with Gasteiger partial charge < -0.3 is 4.74 Å². The Labute approximate surface area is 106 Å². The molecule has 0 unspecified atom stereocenters. The maximum atomic E-state index is 5.61. The summed E-state index contributed by atoms with van der Waals surface area (Å²) < 4.78 is 8.08. The lowest BCUT2D eigenvalue weighted by atomic mass is 10.2. The van der Waals surface area contributed by atoms with Crippen LogP contribution in [-0.2, 0) is 0 Å². The lowest BCUT2D eigenvalue weighted by Gasteiger charge is -2.01. The lowest BCUT2D eigenvalue weighted by Crippen LogP contribution is -1.91. The average molecular weight is 336 g/mol. The van der Waals surface area contributed by atoms with Crippen molar-refractivity contribution in [3.8, 4) is 5.75 Å². The maximum Gasteiger partial charge on any atom is 0.151 e. The molecule has 74 valence electrons. The van der Waals surface area contributed by atoms with E-state index in [1.807, 2.05) is 13.0 Å². The summed E-state index contributed by atoms with van der Waals surface area (Å²) in [6.07, 6.45) is 0. The molecule has 0 saturated heterocycles. The van der Waals surface area contributed by atoms with E-state index in [4.69, 9.17) is 4.74 Å². The van der Waals surface area contributed by atoms with E-state index in [0.717, 1.165) is 10.6 Å². The summed E-state index contributed by atoms with van der Waals surface area (Å²) in [5.41, 5.74) is 0. The molecule has 1 aromatic carbocycles. The van der Waals surface area contributed by atoms with Crippen LogP contribution < -0.4 is 4.74 Å². The molecule has 0 fully saturated rings. The molecular weight excluding hydrogens is 327 g/mol. The van der Waals surface area contributed by atoms with Gasteiger partial charge in [0.05, 0.1) is 6.61 Å². The van der Waals surface area contributed by atoms with Crippen LogP contribution in [0.5, 0.6) is 5.75 Å². The minimum atomic E-state index is 0.707. The largest absolute Gasteiger partial charge is 0.491 e. The first-order chi connectivity index (χ1) is 6.72. The van der Waals surface area contributed by atoms with E-state index in [-0.39, 0.29) is 0 Å². The molecule has 0 aliphatic rings. The number of thiol groups is 1. The van der Waals surface area contributed by atoms with E-state index in [9.17, 15) is 0 Å². The van der Waals surface area contributed by atoms with Gasteiger partial charge in [0.25, 0.3) is 0 Å². The summed E-state index contributed by atoms with van der Waals surface area (Å²) >= 11 is 8.40. The maximum absolute atomic E-state index is 5.61. The summed E-state index contributed by atoms with van der Waals surface area (Å²) in [6, 6.07) is 6.16. The normalized spacial score (nSPS) is 10.8. The van der Waals surface area contributed by atoms with Crippen LogP contribution in [0.15, 0.2) is 23.1 Å². The fraction of sp³-hybridized carbons (Fsp3) is 0.200. The molecule has 1 aromatic heterocycles. The van der Waals surface area contributed by atoms with Crippen molar-refractivity contribution in [3.05, 3.63) is 21.1 Å². The van der Waals surface area contributed by atoms with Gasteiger partial charge in [-0.3, -0.25) is 0 Å². The number of rotatable bonds is 2. The Balaban J connectivity index is 2.66. The van der Waals surface area contributed by atoms with Crippen molar-refractivity contribution in [2.75, 3.05) is 6.61 Å². The van der Waals surface area contributed by atoms with E-state index < -0.39 is 0 Å². The van der Waals surface area contributed by atoms with Crippen molar-refractivity contribution in [2.24, 2.45) is 0 Å². The third kappa shape index (κ3) is 1.87. The highest BCUT2D eigenvalue weighted by Crippen LogP contribution is 2.39. The molecular formula is C10H9IOS2. The van der Waals surface area contributed by atoms with Crippen LogP contribution in [0.25, 0.3) is 10.1 Å². The molecule has 0 saturated carbocycles. The molecule has 4 heteroatoms. The van der Waals surface area contributed by atoms with Gasteiger partial charge in [-0.05, 0) is 47.7 Å². The Morgan fingerprint density at radius 1 is 1.50 bits per heavy atom. The van der Waals surface area contributed by atoms with Gasteiger partial charge in [-0.15, -0.1) is 24.0 Å². The fourth-order valence-electron chi connectivity index (χ4n) is 1.31. The van der Waals surface area contributed by atoms with Gasteiger partial charge in [-0.1, -0.05) is 0 Å². The van der Waals surface area contributed by atoms with E-state index >= 15 is 0 Å². The zero-order valence-corrected chi connectivity index (χ0v) is 11.4. The van der Waals surface area contributed by atoms with Crippen LogP contribution in [0.4, 0.5) is 0 Å². The molecule has 0 atom stereocenters. The molecule has 1 heterocycles. The molecule has 0 radical (unpaired) electrons. The number of hydrogen-bond acceptors (Lipinski definition) is 3. The van der Waals surface area contributed by atoms with Crippen LogP contribution in [0.2, 0.25) is 0 Å². The van der Waals surface area contributed by atoms with Crippen molar-refractivity contribution in [2.45, 2.75) is 11.8 Å². The molecule has 2 aromatic rings. The minimum Gasteiger partial charge on any atom is -0.491 e. The highest BCUT2D eigenvalue weighted by molar-refractivity contribution is 14.1. The quantitative estimate of drug-likeness (QED) is 0.639. The van der Waals surface area contributed by atoms with Crippen molar-refractivity contribution in [1.29, 1.82) is 0 Å². The highest BCUT2D eigenvalue weighted by Gasteiger charge is 2.10. The number of thiophene rings is 1. The molecule has 1 nitrogen and oxygen atoms in total. The van der Waals surface area contributed by atoms with E-state index in [1.54, 1.807) is 11.3 Å². The standard InChI is InChI=1S/C10H9IOS2/c1-2-12-9-7-5-6(13)3-4-8(7)14-10(9)11/h3-5,13H,2H2,1H3. The second-order valence-electron chi connectivity index (χ2n) is 2.82. The molecule has 0 spiro atoms. The molecule has 0 aliphatic heterocycles. The summed E-state index contributed by atoms with van der Waals surface area (Å²) in [6.45, 7) is 2.71. The van der Waals surface area contributed by atoms with Crippen LogP contribution >= 0.6 is 46.6 Å². The first kappa shape index (κ1) is 10.6. The Hall–Kier alpha value is 0.0600. The van der Waals surface area contributed by atoms with Gasteiger partial charge in [0.1, 0.15) is 2.88 Å². The van der Waals surface area contributed by atoms with E-state index in [2.05, 4.69) is 47.4 Å². The third-order valence-corrected chi connectivity index (χ3v) is 4.24. The van der Waals surface area contributed by atoms with Crippen LogP contribution in [0, 0.1) is 2.88 Å². The fourth-order valence-corrected chi connectivity index (χ4v) is 3.53. The Morgan fingerprint density at radius 3 is 3.00 bits per heavy atom. The summed E-state index contributed by atoms with van der Waals surface area (Å²) in [4.78, 5) is 0.979. The van der Waals surface area contributed by atoms with Gasteiger partial charge in [-0.25, -0.2) is 0 Å². The summed E-state index contributed by atoms with van der Waals surface area (Å²) in [5.74, 6) is 1.00. The van der Waals surface area contributed by atoms with Crippen LogP contribution in [-0.4, -0.2) is 6.61 Å². The monoisotopic (exact) mass is 336 g/mol. The Kier molecular flexibility index (Phi) is 3.23. The van der Waals surface area contributed by atoms with Gasteiger partial charge in [0.15, 0.2) is 5.75 Å². The van der Waals surface area contributed by atoms with Crippen molar-refractivity contribution in [3.63, 3.8) is 0 Å². The van der Waals surface area contributed by atoms with E-state index in [0.29, 0.717) is 6.61 Å². The zero-order chi connectivity index (χ0) is 10.1. The second kappa shape index (κ2) is 4.28. The predicted octanol–water partition coefficient (Wildman–Crippen LogP) is 4.19.